The van der Waals surface area contributed by atoms with Crippen molar-refractivity contribution in [3.8, 4) is 5.75 Å². The quantitative estimate of drug-likeness (QED) is 0.795. The lowest BCUT2D eigenvalue weighted by Crippen LogP contribution is -2.46. The molecule has 9 heteroatoms. The normalized spacial score (nSPS) is 18.4. The second-order valence-corrected chi connectivity index (χ2v) is 5.88. The molecule has 2 atom stereocenters. The lowest BCUT2D eigenvalue weighted by molar-refractivity contribution is -0.274. The molecule has 2 unspecified atom stereocenters. The maximum Gasteiger partial charge on any atom is 0.573 e. The van der Waals surface area contributed by atoms with Gasteiger partial charge in [-0.15, -0.1) is 25.6 Å². The second-order valence-electron chi connectivity index (χ2n) is 5.88. The molecule has 2 rings (SSSR count). The zero-order valence-corrected chi connectivity index (χ0v) is 14.7. The van der Waals surface area contributed by atoms with Crippen LogP contribution in [0.1, 0.15) is 26.2 Å². The highest BCUT2D eigenvalue weighted by molar-refractivity contribution is 5.85. The minimum absolute atomic E-state index is 0. The summed E-state index contributed by atoms with van der Waals surface area (Å²) in [5, 5.41) is 2.90. The van der Waals surface area contributed by atoms with Crippen molar-refractivity contribution in [1.82, 2.24) is 5.32 Å². The largest absolute Gasteiger partial charge is 0.573 e. The Morgan fingerprint density at radius 2 is 2.20 bits per heavy atom. The summed E-state index contributed by atoms with van der Waals surface area (Å²) < 4.78 is 40.8. The number of amides is 1. The van der Waals surface area contributed by atoms with Crippen molar-refractivity contribution in [1.29, 1.82) is 0 Å². The number of halogens is 4. The van der Waals surface area contributed by atoms with Gasteiger partial charge in [0.05, 0.1) is 6.04 Å². The van der Waals surface area contributed by atoms with Crippen LogP contribution in [0.15, 0.2) is 24.3 Å². The summed E-state index contributed by atoms with van der Waals surface area (Å²) in [4.78, 5) is 13.9. The summed E-state index contributed by atoms with van der Waals surface area (Å²) >= 11 is 0. The van der Waals surface area contributed by atoms with E-state index in [1.807, 2.05) is 11.8 Å². The summed E-state index contributed by atoms with van der Waals surface area (Å²) in [6.07, 6.45) is -2.54. The molecule has 0 aromatic heterocycles. The van der Waals surface area contributed by atoms with E-state index in [4.69, 9.17) is 5.73 Å². The van der Waals surface area contributed by atoms with Crippen LogP contribution in [0, 0.1) is 0 Å². The van der Waals surface area contributed by atoms with E-state index in [0.29, 0.717) is 25.2 Å². The summed E-state index contributed by atoms with van der Waals surface area (Å²) in [5.74, 6) is -0.435. The van der Waals surface area contributed by atoms with Crippen LogP contribution in [0.3, 0.4) is 0 Å². The van der Waals surface area contributed by atoms with Crippen LogP contribution in [0.5, 0.6) is 5.75 Å². The third-order valence-electron chi connectivity index (χ3n) is 3.89. The first-order valence-electron chi connectivity index (χ1n) is 7.95. The van der Waals surface area contributed by atoms with Gasteiger partial charge in [0.2, 0.25) is 5.91 Å². The molecule has 5 nitrogen and oxygen atoms in total. The number of hydrogen-bond acceptors (Lipinski definition) is 4. The highest BCUT2D eigenvalue weighted by atomic mass is 35.5. The molecule has 142 valence electrons. The van der Waals surface area contributed by atoms with Crippen molar-refractivity contribution < 1.29 is 22.7 Å². The summed E-state index contributed by atoms with van der Waals surface area (Å²) in [6, 6.07) is 5.26. The zero-order valence-electron chi connectivity index (χ0n) is 13.9. The molecule has 3 N–H and O–H groups in total. The molecule has 0 radical (unpaired) electrons. The number of rotatable bonds is 6. The fourth-order valence-electron chi connectivity index (χ4n) is 2.74. The number of nitrogens with zero attached hydrogens (tertiary/aromatic N) is 1. The van der Waals surface area contributed by atoms with Gasteiger partial charge in [0, 0.05) is 30.9 Å². The van der Waals surface area contributed by atoms with E-state index in [1.54, 1.807) is 6.07 Å². The van der Waals surface area contributed by atoms with Gasteiger partial charge < -0.3 is 20.7 Å². The Kier molecular flexibility index (Phi) is 7.82. The van der Waals surface area contributed by atoms with E-state index < -0.39 is 12.4 Å². The summed E-state index contributed by atoms with van der Waals surface area (Å²) in [6.45, 7) is 3.13. The van der Waals surface area contributed by atoms with Crippen LogP contribution in [0.25, 0.3) is 0 Å². The second kappa shape index (κ2) is 9.15. The van der Waals surface area contributed by atoms with Crippen LogP contribution in [-0.2, 0) is 4.79 Å². The first-order chi connectivity index (χ1) is 11.3. The van der Waals surface area contributed by atoms with Crippen molar-refractivity contribution in [3.05, 3.63) is 24.3 Å². The van der Waals surface area contributed by atoms with Gasteiger partial charge in [0.25, 0.3) is 0 Å². The molecule has 0 aliphatic carbocycles. The molecule has 1 aromatic rings. The van der Waals surface area contributed by atoms with Crippen LogP contribution < -0.4 is 20.7 Å². The molecule has 1 saturated heterocycles. The number of benzene rings is 1. The molecular weight excluding hydrogens is 359 g/mol. The lowest BCUT2D eigenvalue weighted by atomic mass is 10.1. The highest BCUT2D eigenvalue weighted by Gasteiger charge is 2.31. The minimum atomic E-state index is -4.71. The molecule has 1 aliphatic heterocycles. The Balaban J connectivity index is 0.00000312. The van der Waals surface area contributed by atoms with Gasteiger partial charge >= 0.3 is 6.36 Å². The van der Waals surface area contributed by atoms with Gasteiger partial charge in [0.1, 0.15) is 5.75 Å². The number of carbonyl (C=O) groups excluding carboxylic acids is 1. The summed E-state index contributed by atoms with van der Waals surface area (Å²) in [5.41, 5.74) is 6.41. The van der Waals surface area contributed by atoms with Gasteiger partial charge in [-0.1, -0.05) is 19.4 Å². The van der Waals surface area contributed by atoms with Crippen molar-refractivity contribution >= 4 is 24.0 Å². The van der Waals surface area contributed by atoms with Gasteiger partial charge in [-0.05, 0) is 25.0 Å². The number of nitrogens with one attached hydrogen (secondary N) is 1. The lowest BCUT2D eigenvalue weighted by Gasteiger charge is -2.21. The topological polar surface area (TPSA) is 67.6 Å². The van der Waals surface area contributed by atoms with E-state index >= 15 is 0 Å². The fourth-order valence-corrected chi connectivity index (χ4v) is 2.74. The molecular formula is C16H23ClF3N3O2. The van der Waals surface area contributed by atoms with Crippen molar-refractivity contribution in [2.24, 2.45) is 5.73 Å². The average Bonchev–Trinajstić information content (AvgIpc) is 2.94. The van der Waals surface area contributed by atoms with Crippen molar-refractivity contribution in [3.63, 3.8) is 0 Å². The van der Waals surface area contributed by atoms with E-state index in [-0.39, 0.29) is 30.1 Å². The van der Waals surface area contributed by atoms with Gasteiger partial charge in [-0.2, -0.15) is 0 Å². The van der Waals surface area contributed by atoms with Crippen molar-refractivity contribution in [2.75, 3.05) is 18.0 Å². The molecule has 1 heterocycles. The van der Waals surface area contributed by atoms with Crippen LogP contribution in [0.2, 0.25) is 0 Å². The molecule has 25 heavy (non-hydrogen) atoms. The number of alkyl halides is 3. The van der Waals surface area contributed by atoms with E-state index in [1.165, 1.54) is 18.2 Å². The number of nitrogens with two attached hydrogens (primary N) is 1. The molecule has 0 bridgehead atoms. The minimum Gasteiger partial charge on any atom is -0.406 e. The van der Waals surface area contributed by atoms with Crippen LogP contribution in [-0.4, -0.2) is 37.4 Å². The Bertz CT molecular complexity index is 572. The average molecular weight is 382 g/mol. The highest BCUT2D eigenvalue weighted by Crippen LogP contribution is 2.28. The van der Waals surface area contributed by atoms with Crippen LogP contribution in [0.4, 0.5) is 18.9 Å². The fraction of sp³-hybridized carbons (Fsp3) is 0.562. The summed E-state index contributed by atoms with van der Waals surface area (Å²) in [7, 11) is 0. The zero-order chi connectivity index (χ0) is 17.7. The Morgan fingerprint density at radius 1 is 1.48 bits per heavy atom. The van der Waals surface area contributed by atoms with Crippen LogP contribution >= 0.6 is 12.4 Å². The van der Waals surface area contributed by atoms with Gasteiger partial charge in [-0.25, -0.2) is 0 Å². The predicted octanol–water partition coefficient (Wildman–Crippen LogP) is 2.83. The molecule has 0 spiro atoms. The third kappa shape index (κ3) is 6.62. The Morgan fingerprint density at radius 3 is 2.84 bits per heavy atom. The maximum absolute atomic E-state index is 12.3. The molecule has 1 fully saturated rings. The van der Waals surface area contributed by atoms with E-state index in [0.717, 1.165) is 12.8 Å². The first kappa shape index (κ1) is 21.4. The van der Waals surface area contributed by atoms with Crippen molar-refractivity contribution in [2.45, 2.75) is 44.6 Å². The Labute approximate surface area is 151 Å². The molecule has 1 aliphatic rings. The SMILES string of the molecule is CCCC(N)C(=O)NC1CCN(c2cccc(OC(F)(F)F)c2)C1.Cl. The number of hydrogen-bond donors (Lipinski definition) is 2. The number of anilines is 1. The molecule has 1 amide bonds. The maximum atomic E-state index is 12.3. The Hall–Kier alpha value is -1.67. The predicted molar refractivity (Wildman–Crippen MR) is 92.0 cm³/mol. The van der Waals surface area contributed by atoms with E-state index in [9.17, 15) is 18.0 Å². The standard InChI is InChI=1S/C16H22F3N3O2.ClH/c1-2-4-14(20)15(23)21-11-7-8-22(10-11)12-5-3-6-13(9-12)24-16(17,18)19;/h3,5-6,9,11,14H,2,4,7-8,10,20H2,1H3,(H,21,23);1H. The number of ether oxygens (including phenoxy) is 1. The molecule has 1 aromatic carbocycles. The van der Waals surface area contributed by atoms with E-state index in [2.05, 4.69) is 10.1 Å². The smallest absolute Gasteiger partial charge is 0.406 e. The molecule has 0 saturated carbocycles. The van der Waals surface area contributed by atoms with Gasteiger partial charge in [-0.3, -0.25) is 4.79 Å². The number of carbonyl (C=O) groups is 1. The third-order valence-corrected chi connectivity index (χ3v) is 3.89. The van der Waals surface area contributed by atoms with Gasteiger partial charge in [0.15, 0.2) is 0 Å². The first-order valence-corrected chi connectivity index (χ1v) is 7.95. The monoisotopic (exact) mass is 381 g/mol.